The van der Waals surface area contributed by atoms with Crippen LogP contribution in [0.2, 0.25) is 0 Å². The number of rotatable bonds is 3. The molecule has 1 aliphatic heterocycles. The number of ether oxygens (including phenoxy) is 1. The quantitative estimate of drug-likeness (QED) is 0.812. The Labute approximate surface area is 124 Å². The highest BCUT2D eigenvalue weighted by atomic mass is 16.5. The zero-order chi connectivity index (χ0) is 14.8. The van der Waals surface area contributed by atoms with E-state index in [0.717, 1.165) is 41.7 Å². The van der Waals surface area contributed by atoms with Gasteiger partial charge in [-0.25, -0.2) is 9.78 Å². The van der Waals surface area contributed by atoms with Gasteiger partial charge in [0.15, 0.2) is 0 Å². The number of fused-ring (bicyclic) bond motifs is 1. The van der Waals surface area contributed by atoms with Crippen molar-refractivity contribution in [2.24, 2.45) is 0 Å². The minimum Gasteiger partial charge on any atom is -0.464 e. The number of aryl methyl sites for hydroxylation is 1. The fourth-order valence-electron chi connectivity index (χ4n) is 3.01. The standard InChI is InChI=1S/C17H20N2O2/c1-3-21-17(20)15-9-6-10-19(15)16-12(2)11-13-7-4-5-8-14(13)18-16/h4-5,7-8,11,15H,3,6,9-10H2,1-2H3. The first-order valence-electron chi connectivity index (χ1n) is 7.50. The van der Waals surface area contributed by atoms with Crippen molar-refractivity contribution in [2.45, 2.75) is 32.7 Å². The fraction of sp³-hybridized carbons (Fsp3) is 0.412. The van der Waals surface area contributed by atoms with E-state index < -0.39 is 0 Å². The lowest BCUT2D eigenvalue weighted by atomic mass is 10.1. The summed E-state index contributed by atoms with van der Waals surface area (Å²) < 4.78 is 5.20. The van der Waals surface area contributed by atoms with Crippen LogP contribution in [0.25, 0.3) is 10.9 Å². The van der Waals surface area contributed by atoms with Gasteiger partial charge in [-0.2, -0.15) is 0 Å². The minimum atomic E-state index is -0.197. The van der Waals surface area contributed by atoms with Crippen LogP contribution in [-0.4, -0.2) is 30.1 Å². The molecular weight excluding hydrogens is 264 g/mol. The number of carbonyl (C=O) groups is 1. The van der Waals surface area contributed by atoms with Gasteiger partial charge >= 0.3 is 5.97 Å². The first kappa shape index (κ1) is 13.9. The summed E-state index contributed by atoms with van der Waals surface area (Å²) >= 11 is 0. The van der Waals surface area contributed by atoms with Crippen LogP contribution in [0.5, 0.6) is 0 Å². The van der Waals surface area contributed by atoms with Crippen LogP contribution in [-0.2, 0) is 9.53 Å². The van der Waals surface area contributed by atoms with Gasteiger partial charge in [-0.3, -0.25) is 0 Å². The van der Waals surface area contributed by atoms with Crippen LogP contribution >= 0.6 is 0 Å². The molecule has 1 fully saturated rings. The van der Waals surface area contributed by atoms with Crippen LogP contribution in [0.4, 0.5) is 5.82 Å². The van der Waals surface area contributed by atoms with E-state index in [1.165, 1.54) is 0 Å². The number of para-hydroxylation sites is 1. The van der Waals surface area contributed by atoms with Gasteiger partial charge in [-0.05, 0) is 44.4 Å². The third kappa shape index (κ3) is 2.58. The zero-order valence-electron chi connectivity index (χ0n) is 12.5. The van der Waals surface area contributed by atoms with Crippen molar-refractivity contribution in [3.8, 4) is 0 Å². The maximum absolute atomic E-state index is 12.1. The molecule has 0 radical (unpaired) electrons. The summed E-state index contributed by atoms with van der Waals surface area (Å²) in [7, 11) is 0. The van der Waals surface area contributed by atoms with Gasteiger partial charge in [0.05, 0.1) is 12.1 Å². The number of anilines is 1. The topological polar surface area (TPSA) is 42.4 Å². The monoisotopic (exact) mass is 284 g/mol. The lowest BCUT2D eigenvalue weighted by Crippen LogP contribution is -2.38. The number of aromatic nitrogens is 1. The summed E-state index contributed by atoms with van der Waals surface area (Å²) in [5, 5.41) is 1.13. The van der Waals surface area contributed by atoms with Crippen LogP contribution in [0, 0.1) is 6.92 Å². The Morgan fingerprint density at radius 2 is 2.24 bits per heavy atom. The fourth-order valence-corrected chi connectivity index (χ4v) is 3.01. The van der Waals surface area contributed by atoms with E-state index in [1.807, 2.05) is 25.1 Å². The molecular formula is C17H20N2O2. The Morgan fingerprint density at radius 3 is 3.05 bits per heavy atom. The van der Waals surface area contributed by atoms with E-state index in [4.69, 9.17) is 9.72 Å². The molecule has 1 aromatic carbocycles. The highest BCUT2D eigenvalue weighted by molar-refractivity contribution is 5.84. The van der Waals surface area contributed by atoms with Gasteiger partial charge in [0.25, 0.3) is 0 Å². The molecule has 1 unspecified atom stereocenters. The number of carbonyl (C=O) groups excluding carboxylic acids is 1. The average molecular weight is 284 g/mol. The number of benzene rings is 1. The third-order valence-electron chi connectivity index (χ3n) is 3.97. The van der Waals surface area contributed by atoms with Crippen molar-refractivity contribution >= 4 is 22.7 Å². The van der Waals surface area contributed by atoms with Gasteiger partial charge in [0, 0.05) is 11.9 Å². The SMILES string of the molecule is CCOC(=O)C1CCCN1c1nc2ccccc2cc1C. The van der Waals surface area contributed by atoms with Gasteiger partial charge in [-0.1, -0.05) is 18.2 Å². The van der Waals surface area contributed by atoms with Crippen LogP contribution in [0.15, 0.2) is 30.3 Å². The molecule has 2 heterocycles. The third-order valence-corrected chi connectivity index (χ3v) is 3.97. The first-order chi connectivity index (χ1) is 10.2. The lowest BCUT2D eigenvalue weighted by Gasteiger charge is -2.25. The van der Waals surface area contributed by atoms with Crippen molar-refractivity contribution in [1.29, 1.82) is 0 Å². The average Bonchev–Trinajstić information content (AvgIpc) is 2.96. The van der Waals surface area contributed by atoms with Gasteiger partial charge in [0.1, 0.15) is 11.9 Å². The molecule has 4 nitrogen and oxygen atoms in total. The molecule has 3 rings (SSSR count). The molecule has 1 atom stereocenters. The van der Waals surface area contributed by atoms with Crippen molar-refractivity contribution < 1.29 is 9.53 Å². The Hall–Kier alpha value is -2.10. The molecule has 0 N–H and O–H groups in total. The molecule has 1 aromatic heterocycles. The molecule has 1 aliphatic rings. The molecule has 0 aliphatic carbocycles. The number of pyridine rings is 1. The van der Waals surface area contributed by atoms with Gasteiger partial charge in [-0.15, -0.1) is 0 Å². The molecule has 1 saturated heterocycles. The Morgan fingerprint density at radius 1 is 1.43 bits per heavy atom. The molecule has 0 bridgehead atoms. The molecule has 0 amide bonds. The predicted molar refractivity (Wildman–Crippen MR) is 83.5 cm³/mol. The number of nitrogens with zero attached hydrogens (tertiary/aromatic N) is 2. The number of hydrogen-bond donors (Lipinski definition) is 0. The minimum absolute atomic E-state index is 0.135. The predicted octanol–water partition coefficient (Wildman–Crippen LogP) is 3.08. The summed E-state index contributed by atoms with van der Waals surface area (Å²) in [6.45, 7) is 5.18. The number of hydrogen-bond acceptors (Lipinski definition) is 4. The van der Waals surface area contributed by atoms with Gasteiger partial charge < -0.3 is 9.64 Å². The highest BCUT2D eigenvalue weighted by Crippen LogP contribution is 2.29. The molecule has 21 heavy (non-hydrogen) atoms. The maximum atomic E-state index is 12.1. The largest absolute Gasteiger partial charge is 0.464 e. The summed E-state index contributed by atoms with van der Waals surface area (Å²) in [5.74, 6) is 0.772. The van der Waals surface area contributed by atoms with Crippen molar-refractivity contribution in [2.75, 3.05) is 18.1 Å². The summed E-state index contributed by atoms with van der Waals surface area (Å²) in [6, 6.07) is 10.0. The van der Waals surface area contributed by atoms with Crippen LogP contribution in [0.1, 0.15) is 25.3 Å². The van der Waals surface area contributed by atoms with E-state index in [9.17, 15) is 4.79 Å². The Bertz CT molecular complexity index is 669. The van der Waals surface area contributed by atoms with Crippen LogP contribution < -0.4 is 4.90 Å². The molecule has 4 heteroatoms. The second-order valence-electron chi connectivity index (χ2n) is 5.43. The zero-order valence-corrected chi connectivity index (χ0v) is 12.5. The van der Waals surface area contributed by atoms with E-state index in [1.54, 1.807) is 0 Å². The molecule has 110 valence electrons. The van der Waals surface area contributed by atoms with Crippen molar-refractivity contribution in [3.05, 3.63) is 35.9 Å². The van der Waals surface area contributed by atoms with Crippen LogP contribution in [0.3, 0.4) is 0 Å². The van der Waals surface area contributed by atoms with E-state index in [0.29, 0.717) is 6.61 Å². The summed E-state index contributed by atoms with van der Waals surface area (Å²) in [4.78, 5) is 19.0. The molecule has 2 aromatic rings. The second kappa shape index (κ2) is 5.72. The van der Waals surface area contributed by atoms with E-state index >= 15 is 0 Å². The van der Waals surface area contributed by atoms with E-state index in [2.05, 4.69) is 24.0 Å². The summed E-state index contributed by atoms with van der Waals surface area (Å²) in [5.41, 5.74) is 2.07. The van der Waals surface area contributed by atoms with Crippen molar-refractivity contribution in [1.82, 2.24) is 4.98 Å². The normalized spacial score (nSPS) is 18.2. The second-order valence-corrected chi connectivity index (χ2v) is 5.43. The first-order valence-corrected chi connectivity index (χ1v) is 7.50. The smallest absolute Gasteiger partial charge is 0.328 e. The highest BCUT2D eigenvalue weighted by Gasteiger charge is 2.33. The summed E-state index contributed by atoms with van der Waals surface area (Å²) in [6.07, 6.45) is 1.84. The Balaban J connectivity index is 1.98. The van der Waals surface area contributed by atoms with E-state index in [-0.39, 0.29) is 12.0 Å². The van der Waals surface area contributed by atoms with Gasteiger partial charge in [0.2, 0.25) is 0 Å². The number of esters is 1. The lowest BCUT2D eigenvalue weighted by molar-refractivity contribution is -0.144. The maximum Gasteiger partial charge on any atom is 0.328 e. The molecule has 0 saturated carbocycles. The Kier molecular flexibility index (Phi) is 3.78. The van der Waals surface area contributed by atoms with Crippen molar-refractivity contribution in [3.63, 3.8) is 0 Å². The molecule has 0 spiro atoms.